The zero-order chi connectivity index (χ0) is 14.6. The molecule has 0 spiro atoms. The Morgan fingerprint density at radius 1 is 1.20 bits per heavy atom. The lowest BCUT2D eigenvalue weighted by molar-refractivity contribution is 0.0681. The number of ether oxygens (including phenoxy) is 1. The molecule has 0 atom stereocenters. The second kappa shape index (κ2) is 6.59. The number of benzene rings is 1. The molecule has 1 fully saturated rings. The number of methoxy groups -OCH3 is 1. The average molecular weight is 297 g/mol. The third-order valence-corrected chi connectivity index (χ3v) is 5.76. The molecule has 1 aromatic carbocycles. The molecule has 1 aliphatic rings. The number of hydrogen-bond donors (Lipinski definition) is 1. The standard InChI is InChI=1S/C15H23NO3S/c1-3-20(17,18)15-7-5-4-6-14(15)16-12-8-10-13(19-2)11-9-12/h4-7,12-13,16H,3,8-11H2,1-2H3. The predicted molar refractivity (Wildman–Crippen MR) is 80.8 cm³/mol. The van der Waals surface area contributed by atoms with Crippen LogP contribution in [0.3, 0.4) is 0 Å². The van der Waals surface area contributed by atoms with E-state index in [4.69, 9.17) is 4.74 Å². The van der Waals surface area contributed by atoms with Gasteiger partial charge in [0.25, 0.3) is 0 Å². The summed E-state index contributed by atoms with van der Waals surface area (Å²) in [7, 11) is -1.43. The van der Waals surface area contributed by atoms with Gasteiger partial charge in [-0.2, -0.15) is 0 Å². The molecule has 0 amide bonds. The lowest BCUT2D eigenvalue weighted by atomic mass is 9.93. The monoisotopic (exact) mass is 297 g/mol. The van der Waals surface area contributed by atoms with Crippen molar-refractivity contribution in [1.82, 2.24) is 0 Å². The van der Waals surface area contributed by atoms with E-state index < -0.39 is 9.84 Å². The van der Waals surface area contributed by atoms with Gasteiger partial charge in [-0.15, -0.1) is 0 Å². The summed E-state index contributed by atoms with van der Waals surface area (Å²) >= 11 is 0. The smallest absolute Gasteiger partial charge is 0.180 e. The highest BCUT2D eigenvalue weighted by Gasteiger charge is 2.23. The first-order chi connectivity index (χ1) is 9.56. The van der Waals surface area contributed by atoms with E-state index in [2.05, 4.69) is 5.32 Å². The second-order valence-electron chi connectivity index (χ2n) is 5.25. The van der Waals surface area contributed by atoms with Gasteiger partial charge in [0.05, 0.1) is 22.4 Å². The topological polar surface area (TPSA) is 55.4 Å². The van der Waals surface area contributed by atoms with Crippen LogP contribution in [0.2, 0.25) is 0 Å². The largest absolute Gasteiger partial charge is 0.381 e. The highest BCUT2D eigenvalue weighted by molar-refractivity contribution is 7.91. The summed E-state index contributed by atoms with van der Waals surface area (Å²) in [6.45, 7) is 1.68. The van der Waals surface area contributed by atoms with Crippen molar-refractivity contribution in [2.24, 2.45) is 0 Å². The summed E-state index contributed by atoms with van der Waals surface area (Å²) in [6.07, 6.45) is 4.42. The number of sulfone groups is 1. The van der Waals surface area contributed by atoms with Gasteiger partial charge < -0.3 is 10.1 Å². The lowest BCUT2D eigenvalue weighted by Gasteiger charge is -2.29. The molecule has 5 heteroatoms. The van der Waals surface area contributed by atoms with E-state index in [-0.39, 0.29) is 5.75 Å². The molecule has 0 saturated heterocycles. The van der Waals surface area contributed by atoms with E-state index in [0.717, 1.165) is 31.4 Å². The first-order valence-corrected chi connectivity index (χ1v) is 8.83. The lowest BCUT2D eigenvalue weighted by Crippen LogP contribution is -2.29. The molecule has 0 aliphatic heterocycles. The van der Waals surface area contributed by atoms with Gasteiger partial charge in [0.2, 0.25) is 0 Å². The Balaban J connectivity index is 2.11. The molecule has 0 unspecified atom stereocenters. The van der Waals surface area contributed by atoms with Crippen LogP contribution in [0.5, 0.6) is 0 Å². The van der Waals surface area contributed by atoms with Gasteiger partial charge in [-0.05, 0) is 37.8 Å². The molecule has 1 N–H and O–H groups in total. The van der Waals surface area contributed by atoms with Gasteiger partial charge in [-0.25, -0.2) is 8.42 Å². The normalized spacial score (nSPS) is 23.5. The van der Waals surface area contributed by atoms with Crippen LogP contribution in [0.25, 0.3) is 0 Å². The summed E-state index contributed by atoms with van der Waals surface area (Å²) < 4.78 is 29.6. The van der Waals surface area contributed by atoms with E-state index in [1.54, 1.807) is 26.2 Å². The minimum atomic E-state index is -3.18. The molecule has 0 radical (unpaired) electrons. The summed E-state index contributed by atoms with van der Waals surface area (Å²) in [5, 5.41) is 3.40. The van der Waals surface area contributed by atoms with E-state index >= 15 is 0 Å². The Kier molecular flexibility index (Phi) is 5.05. The fourth-order valence-corrected chi connectivity index (χ4v) is 3.73. The van der Waals surface area contributed by atoms with Crippen LogP contribution >= 0.6 is 0 Å². The summed E-state index contributed by atoms with van der Waals surface area (Å²) in [4.78, 5) is 0.413. The van der Waals surface area contributed by atoms with Crippen molar-refractivity contribution in [3.63, 3.8) is 0 Å². The maximum absolute atomic E-state index is 12.1. The predicted octanol–water partition coefficient (Wildman–Crippen LogP) is 2.85. The first-order valence-electron chi connectivity index (χ1n) is 7.18. The Bertz CT molecular complexity index is 534. The molecule has 1 aliphatic carbocycles. The fraction of sp³-hybridized carbons (Fsp3) is 0.600. The molecular weight excluding hydrogens is 274 g/mol. The zero-order valence-corrected chi connectivity index (χ0v) is 12.9. The maximum Gasteiger partial charge on any atom is 0.180 e. The van der Waals surface area contributed by atoms with Crippen molar-refractivity contribution >= 4 is 15.5 Å². The number of rotatable bonds is 5. The minimum absolute atomic E-state index is 0.127. The van der Waals surface area contributed by atoms with Crippen LogP contribution in [-0.2, 0) is 14.6 Å². The van der Waals surface area contributed by atoms with Crippen LogP contribution in [0, 0.1) is 0 Å². The van der Waals surface area contributed by atoms with Gasteiger partial charge in [0.1, 0.15) is 0 Å². The fourth-order valence-electron chi connectivity index (χ4n) is 2.68. The molecule has 20 heavy (non-hydrogen) atoms. The van der Waals surface area contributed by atoms with E-state index in [1.165, 1.54) is 0 Å². The second-order valence-corrected chi connectivity index (χ2v) is 7.50. The van der Waals surface area contributed by atoms with Gasteiger partial charge in [0, 0.05) is 13.2 Å². The summed E-state index contributed by atoms with van der Waals surface area (Å²) in [5.41, 5.74) is 0.732. The van der Waals surface area contributed by atoms with Crippen LogP contribution in [-0.4, -0.2) is 33.4 Å². The number of para-hydroxylation sites is 1. The van der Waals surface area contributed by atoms with Crippen LogP contribution in [0.1, 0.15) is 32.6 Å². The SMILES string of the molecule is CCS(=O)(=O)c1ccccc1NC1CCC(OC)CC1. The van der Waals surface area contributed by atoms with Crippen molar-refractivity contribution in [2.75, 3.05) is 18.2 Å². The van der Waals surface area contributed by atoms with Gasteiger partial charge >= 0.3 is 0 Å². The Morgan fingerprint density at radius 3 is 2.45 bits per heavy atom. The molecule has 0 aromatic heterocycles. The highest BCUT2D eigenvalue weighted by atomic mass is 32.2. The molecule has 4 nitrogen and oxygen atoms in total. The van der Waals surface area contributed by atoms with Crippen LogP contribution in [0.4, 0.5) is 5.69 Å². The third-order valence-electron chi connectivity index (χ3n) is 3.97. The number of nitrogens with one attached hydrogen (secondary N) is 1. The molecule has 0 bridgehead atoms. The highest BCUT2D eigenvalue weighted by Crippen LogP contribution is 2.27. The third kappa shape index (κ3) is 3.52. The maximum atomic E-state index is 12.1. The van der Waals surface area contributed by atoms with Crippen molar-refractivity contribution in [2.45, 2.75) is 49.6 Å². The van der Waals surface area contributed by atoms with Gasteiger partial charge in [-0.3, -0.25) is 0 Å². The van der Waals surface area contributed by atoms with Crippen LogP contribution in [0.15, 0.2) is 29.2 Å². The van der Waals surface area contributed by atoms with E-state index in [0.29, 0.717) is 17.0 Å². The minimum Gasteiger partial charge on any atom is -0.381 e. The van der Waals surface area contributed by atoms with Crippen LogP contribution < -0.4 is 5.32 Å². The van der Waals surface area contributed by atoms with E-state index in [1.807, 2.05) is 12.1 Å². The van der Waals surface area contributed by atoms with Crippen molar-refractivity contribution in [3.05, 3.63) is 24.3 Å². The summed E-state index contributed by atoms with van der Waals surface area (Å²) in [6, 6.07) is 7.51. The van der Waals surface area contributed by atoms with Crippen molar-refractivity contribution < 1.29 is 13.2 Å². The number of hydrogen-bond acceptors (Lipinski definition) is 4. The quantitative estimate of drug-likeness (QED) is 0.908. The van der Waals surface area contributed by atoms with Gasteiger partial charge in [0.15, 0.2) is 9.84 Å². The van der Waals surface area contributed by atoms with Crippen molar-refractivity contribution in [1.29, 1.82) is 0 Å². The molecular formula is C15H23NO3S. The average Bonchev–Trinajstić information content (AvgIpc) is 2.48. The molecule has 112 valence electrons. The van der Waals surface area contributed by atoms with Crippen molar-refractivity contribution in [3.8, 4) is 0 Å². The Labute approximate surface area is 121 Å². The Hall–Kier alpha value is -1.07. The molecule has 1 saturated carbocycles. The first kappa shape index (κ1) is 15.3. The van der Waals surface area contributed by atoms with E-state index in [9.17, 15) is 8.42 Å². The summed E-state index contributed by atoms with van der Waals surface area (Å²) in [5.74, 6) is 0.127. The van der Waals surface area contributed by atoms with Gasteiger partial charge in [-0.1, -0.05) is 19.1 Å². The molecule has 1 aromatic rings. The molecule has 2 rings (SSSR count). The number of anilines is 1. The molecule has 0 heterocycles. The zero-order valence-electron chi connectivity index (χ0n) is 12.1. The Morgan fingerprint density at radius 2 is 1.85 bits per heavy atom.